The molecule has 4 aromatic carbocycles. The maximum atomic E-state index is 14.4. The number of benzene rings is 4. The molecular weight excluding hydrogens is 721 g/mol. The van der Waals surface area contributed by atoms with Crippen LogP contribution in [-0.4, -0.2) is 89.2 Å². The lowest BCUT2D eigenvalue weighted by Gasteiger charge is -2.51. The van der Waals surface area contributed by atoms with E-state index in [1.807, 2.05) is 145 Å². The summed E-state index contributed by atoms with van der Waals surface area (Å²) in [6.07, 6.45) is -0.298. The van der Waals surface area contributed by atoms with Crippen LogP contribution in [0.3, 0.4) is 0 Å². The molecule has 0 saturated carbocycles. The van der Waals surface area contributed by atoms with E-state index in [4.69, 9.17) is 28.4 Å². The maximum Gasteiger partial charge on any atom is 0.231 e. The van der Waals surface area contributed by atoms with Gasteiger partial charge in [0.05, 0.1) is 75.8 Å². The Labute approximate surface area is 334 Å². The number of ether oxygens (including phenoxy) is 6. The summed E-state index contributed by atoms with van der Waals surface area (Å²) in [6.45, 7) is 6.25. The highest BCUT2D eigenvalue weighted by atomic mass is 16.8. The minimum absolute atomic E-state index is 0.00160. The number of carbonyl (C=O) groups excluding carboxylic acids is 2. The fraction of sp³-hybridized carbons (Fsp3) is 0.447. The SMILES string of the molecule is CC1(C)OC(C2C(=O)N3C(COCc4ccccc4)C(OCc4ccccc4)CC23)C(C2C(=O)N3C(COCc4ccccc4)C(OCc4ccccc4)CC23)O1. The molecule has 0 N–H and O–H groups in total. The Kier molecular flexibility index (Phi) is 11.0. The van der Waals surface area contributed by atoms with Crippen molar-refractivity contribution in [3.05, 3.63) is 144 Å². The number of hydrogen-bond donors (Lipinski definition) is 0. The van der Waals surface area contributed by atoms with Gasteiger partial charge in [0.2, 0.25) is 11.8 Å². The summed E-state index contributed by atoms with van der Waals surface area (Å²) in [7, 11) is 0. The Morgan fingerprint density at radius 2 is 0.860 bits per heavy atom. The molecule has 10 atom stereocenters. The first-order chi connectivity index (χ1) is 27.8. The van der Waals surface area contributed by atoms with Crippen LogP contribution in [0.1, 0.15) is 48.9 Å². The van der Waals surface area contributed by atoms with E-state index in [2.05, 4.69) is 0 Å². The molecule has 5 heterocycles. The fourth-order valence-electron chi connectivity index (χ4n) is 9.79. The lowest BCUT2D eigenvalue weighted by Crippen LogP contribution is -2.70. The van der Waals surface area contributed by atoms with Crippen molar-refractivity contribution in [2.75, 3.05) is 13.2 Å². The maximum absolute atomic E-state index is 14.4. The van der Waals surface area contributed by atoms with Crippen molar-refractivity contribution >= 4 is 11.8 Å². The molecular formula is C47H52N2O8. The molecule has 0 spiro atoms. The smallest absolute Gasteiger partial charge is 0.231 e. The third-order valence-electron chi connectivity index (χ3n) is 12.4. The van der Waals surface area contributed by atoms with Crippen LogP contribution in [0.4, 0.5) is 0 Å². The van der Waals surface area contributed by atoms with Gasteiger partial charge in [-0.3, -0.25) is 9.59 Å². The predicted molar refractivity (Wildman–Crippen MR) is 211 cm³/mol. The van der Waals surface area contributed by atoms with E-state index < -0.39 is 29.8 Å². The fourth-order valence-corrected chi connectivity index (χ4v) is 9.79. The van der Waals surface area contributed by atoms with E-state index in [1.165, 1.54) is 0 Å². The Morgan fingerprint density at radius 3 is 1.21 bits per heavy atom. The lowest BCUT2D eigenvalue weighted by atomic mass is 9.74. The normalized spacial score (nSPS) is 31.2. The molecule has 298 valence electrons. The van der Waals surface area contributed by atoms with Gasteiger partial charge in [-0.15, -0.1) is 0 Å². The Hall–Kier alpha value is -4.42. The van der Waals surface area contributed by atoms with E-state index >= 15 is 0 Å². The number of hydrogen-bond acceptors (Lipinski definition) is 8. The zero-order valence-corrected chi connectivity index (χ0v) is 32.6. The van der Waals surface area contributed by atoms with Gasteiger partial charge < -0.3 is 38.2 Å². The molecule has 5 saturated heterocycles. The van der Waals surface area contributed by atoms with Crippen molar-refractivity contribution in [2.45, 2.75) is 107 Å². The van der Waals surface area contributed by atoms with Crippen molar-refractivity contribution in [1.29, 1.82) is 0 Å². The lowest BCUT2D eigenvalue weighted by molar-refractivity contribution is -0.180. The summed E-state index contributed by atoms with van der Waals surface area (Å²) in [4.78, 5) is 32.7. The standard InChI is InChI=1S/C47H52N2O8/c1-47(2)56-43(41-35-23-39(54-27-33-19-11-5-12-20-33)37(48(35)45(41)50)29-52-25-31-15-7-3-8-16-31)44(57-47)42-36-24-40(55-28-34-21-13-6-14-22-34)38(49(36)46(42)51)30-53-26-32-17-9-4-10-18-32/h3-22,35-44H,23-30H2,1-2H3. The van der Waals surface area contributed by atoms with Gasteiger partial charge in [0.1, 0.15) is 12.2 Å². The van der Waals surface area contributed by atoms with E-state index in [0.717, 1.165) is 22.3 Å². The Bertz CT molecular complexity index is 1830. The highest BCUT2D eigenvalue weighted by molar-refractivity contribution is 5.90. The van der Waals surface area contributed by atoms with Gasteiger partial charge in [-0.2, -0.15) is 0 Å². The molecule has 0 aromatic heterocycles. The Balaban J connectivity index is 0.915. The van der Waals surface area contributed by atoms with Crippen LogP contribution in [0, 0.1) is 11.8 Å². The third-order valence-corrected chi connectivity index (χ3v) is 12.4. The van der Waals surface area contributed by atoms with E-state index in [1.54, 1.807) is 0 Å². The number of fused-ring (bicyclic) bond motifs is 2. The van der Waals surface area contributed by atoms with Crippen molar-refractivity contribution < 1.29 is 38.0 Å². The number of amides is 2. The summed E-state index contributed by atoms with van der Waals surface area (Å²) >= 11 is 0. The first kappa shape index (κ1) is 38.1. The predicted octanol–water partition coefficient (Wildman–Crippen LogP) is 6.31. The van der Waals surface area contributed by atoms with Crippen LogP contribution in [0.2, 0.25) is 0 Å². The molecule has 0 bridgehead atoms. The van der Waals surface area contributed by atoms with Gasteiger partial charge in [0.25, 0.3) is 0 Å². The molecule has 10 unspecified atom stereocenters. The molecule has 5 fully saturated rings. The second kappa shape index (κ2) is 16.4. The number of nitrogens with zero attached hydrogens (tertiary/aromatic N) is 2. The van der Waals surface area contributed by atoms with Crippen LogP contribution in [0.5, 0.6) is 0 Å². The molecule has 10 heteroatoms. The second-order valence-electron chi connectivity index (χ2n) is 16.5. The van der Waals surface area contributed by atoms with Gasteiger partial charge in [0, 0.05) is 12.1 Å². The van der Waals surface area contributed by atoms with Crippen molar-refractivity contribution in [3.63, 3.8) is 0 Å². The molecule has 5 aliphatic heterocycles. The average Bonchev–Trinajstić information content (AvgIpc) is 3.83. The van der Waals surface area contributed by atoms with E-state index in [0.29, 0.717) is 52.5 Å². The molecule has 0 aliphatic carbocycles. The topological polar surface area (TPSA) is 96.0 Å². The van der Waals surface area contributed by atoms with Gasteiger partial charge in [-0.1, -0.05) is 121 Å². The second-order valence-corrected chi connectivity index (χ2v) is 16.5. The highest BCUT2D eigenvalue weighted by Gasteiger charge is 2.69. The van der Waals surface area contributed by atoms with Crippen molar-refractivity contribution in [2.24, 2.45) is 11.8 Å². The molecule has 4 aromatic rings. The van der Waals surface area contributed by atoms with Crippen LogP contribution in [0.25, 0.3) is 0 Å². The van der Waals surface area contributed by atoms with Crippen LogP contribution in [-0.2, 0) is 64.4 Å². The minimum Gasteiger partial charge on any atom is -0.375 e. The van der Waals surface area contributed by atoms with Crippen LogP contribution in [0.15, 0.2) is 121 Å². The van der Waals surface area contributed by atoms with Gasteiger partial charge >= 0.3 is 0 Å². The number of rotatable bonds is 16. The summed E-state index contributed by atoms with van der Waals surface area (Å²) in [6, 6.07) is 39.6. The molecule has 10 nitrogen and oxygen atoms in total. The Morgan fingerprint density at radius 1 is 0.526 bits per heavy atom. The molecule has 0 radical (unpaired) electrons. The van der Waals surface area contributed by atoms with E-state index in [9.17, 15) is 9.59 Å². The van der Waals surface area contributed by atoms with E-state index in [-0.39, 0.29) is 48.2 Å². The number of carbonyl (C=O) groups is 2. The molecule has 5 aliphatic rings. The van der Waals surface area contributed by atoms with Crippen molar-refractivity contribution in [3.8, 4) is 0 Å². The molecule has 9 rings (SSSR count). The van der Waals surface area contributed by atoms with Crippen molar-refractivity contribution in [1.82, 2.24) is 9.80 Å². The zero-order valence-electron chi connectivity index (χ0n) is 32.6. The summed E-state index contributed by atoms with van der Waals surface area (Å²) in [5, 5.41) is 0. The summed E-state index contributed by atoms with van der Waals surface area (Å²) in [5.74, 6) is -1.88. The largest absolute Gasteiger partial charge is 0.375 e. The minimum atomic E-state index is -0.962. The van der Waals surface area contributed by atoms with Crippen LogP contribution < -0.4 is 0 Å². The first-order valence-corrected chi connectivity index (χ1v) is 20.4. The highest BCUT2D eigenvalue weighted by Crippen LogP contribution is 2.52. The zero-order chi connectivity index (χ0) is 38.9. The third kappa shape index (κ3) is 7.79. The quantitative estimate of drug-likeness (QED) is 0.122. The summed E-state index contributed by atoms with van der Waals surface area (Å²) < 4.78 is 38.9. The summed E-state index contributed by atoms with van der Waals surface area (Å²) in [5.41, 5.74) is 4.30. The van der Waals surface area contributed by atoms with Gasteiger partial charge in [0.15, 0.2) is 5.79 Å². The molecule has 2 amide bonds. The number of β-lactam (4-membered cyclic amide) rings is 2. The van der Waals surface area contributed by atoms with Crippen LogP contribution >= 0.6 is 0 Å². The molecule has 57 heavy (non-hydrogen) atoms. The van der Waals surface area contributed by atoms with Gasteiger partial charge in [-0.05, 0) is 48.9 Å². The van der Waals surface area contributed by atoms with Gasteiger partial charge in [-0.25, -0.2) is 0 Å². The monoisotopic (exact) mass is 772 g/mol. The first-order valence-electron chi connectivity index (χ1n) is 20.4. The average molecular weight is 773 g/mol.